The first-order valence-electron chi connectivity index (χ1n) is 25.5. The number of hydrogen-bond donors (Lipinski definition) is 8. The smallest absolute Gasteiger partial charge is 0.325 e. The SMILES string of the molecule is CC(C)(C)OC(=O)CN.CC(C)(C)OC(=O)CNc1cccc2c1C(=O)N(C1CCC(=O)NC1=O)C2=O.O=C(O)CNc1cccc2c1C(=O)N(C1CCC(=O)NC1=O)C2=O.O=C1CCC(N2C(=O)c3cccc(F)c3C2=O)C(=O)N1.O=CO. The molecular formula is C54H58FN9O20. The first kappa shape index (κ1) is 64.7. The van der Waals surface area contributed by atoms with E-state index in [0.29, 0.717) is 5.69 Å². The topological polar surface area (TPSA) is 428 Å². The summed E-state index contributed by atoms with van der Waals surface area (Å²) in [5.41, 5.74) is 4.46. The number of piperidine rings is 3. The molecule has 3 unspecified atom stereocenters. The zero-order valence-corrected chi connectivity index (χ0v) is 45.9. The van der Waals surface area contributed by atoms with Crippen LogP contribution >= 0.6 is 0 Å². The van der Waals surface area contributed by atoms with E-state index in [1.54, 1.807) is 53.7 Å². The molecule has 446 valence electrons. The lowest BCUT2D eigenvalue weighted by atomic mass is 10.0. The van der Waals surface area contributed by atoms with Gasteiger partial charge in [-0.05, 0) is 97.2 Å². The predicted molar refractivity (Wildman–Crippen MR) is 283 cm³/mol. The number of carbonyl (C=O) groups excluding carboxylic acids is 14. The second kappa shape index (κ2) is 27.1. The van der Waals surface area contributed by atoms with Gasteiger partial charge in [-0.2, -0.15) is 0 Å². The largest absolute Gasteiger partial charge is 0.483 e. The number of benzene rings is 3. The fourth-order valence-corrected chi connectivity index (χ4v) is 8.90. The molecule has 30 heteroatoms. The van der Waals surface area contributed by atoms with Crippen LogP contribution in [0.1, 0.15) is 142 Å². The number of ether oxygens (including phenoxy) is 2. The summed E-state index contributed by atoms with van der Waals surface area (Å²) in [5, 5.41) is 27.4. The number of nitrogens with two attached hydrogens (primary N) is 1. The average molecular weight is 1170 g/mol. The van der Waals surface area contributed by atoms with Gasteiger partial charge in [-0.3, -0.25) is 107 Å². The third-order valence-electron chi connectivity index (χ3n) is 12.2. The number of rotatable bonds is 10. The van der Waals surface area contributed by atoms with Gasteiger partial charge in [0.05, 0.1) is 39.9 Å². The molecule has 3 aromatic rings. The molecule has 29 nitrogen and oxygen atoms in total. The first-order valence-corrected chi connectivity index (χ1v) is 25.5. The Bertz CT molecular complexity index is 3280. The van der Waals surface area contributed by atoms with Crippen molar-refractivity contribution in [1.82, 2.24) is 30.7 Å². The van der Waals surface area contributed by atoms with Crippen molar-refractivity contribution < 1.29 is 101 Å². The molecule has 12 amide bonds. The van der Waals surface area contributed by atoms with Crippen molar-refractivity contribution in [2.24, 2.45) is 5.73 Å². The van der Waals surface area contributed by atoms with Crippen LogP contribution in [0.4, 0.5) is 15.8 Å². The molecule has 3 fully saturated rings. The quantitative estimate of drug-likeness (QED) is 0.0784. The lowest BCUT2D eigenvalue weighted by molar-refractivity contribution is -0.153. The van der Waals surface area contributed by atoms with Crippen LogP contribution in [0, 0.1) is 5.82 Å². The number of imide groups is 6. The Balaban J connectivity index is 0.000000212. The molecule has 6 aliphatic rings. The summed E-state index contributed by atoms with van der Waals surface area (Å²) < 4.78 is 23.7. The highest BCUT2D eigenvalue weighted by Gasteiger charge is 2.48. The molecule has 9 rings (SSSR count). The third-order valence-corrected chi connectivity index (χ3v) is 12.2. The summed E-state index contributed by atoms with van der Waals surface area (Å²) >= 11 is 0. The van der Waals surface area contributed by atoms with Gasteiger partial charge in [-0.15, -0.1) is 0 Å². The second-order valence-corrected chi connectivity index (χ2v) is 20.5. The normalized spacial score (nSPS) is 18.8. The van der Waals surface area contributed by atoms with Crippen molar-refractivity contribution in [3.63, 3.8) is 0 Å². The van der Waals surface area contributed by atoms with Gasteiger partial charge >= 0.3 is 17.9 Å². The number of aliphatic carboxylic acids is 1. The number of carboxylic acid groups (broad SMARTS) is 2. The van der Waals surface area contributed by atoms with E-state index in [1.807, 2.05) is 0 Å². The molecule has 0 spiro atoms. The maximum atomic E-state index is 13.7. The number of amides is 12. The molecule has 0 radical (unpaired) electrons. The monoisotopic (exact) mass is 1170 g/mol. The standard InChI is InChI=1S/C19H21N3O6.C15H13N3O6.C13H9FN2O4.C6H13NO2.CH2O2/c1-19(2,3)28-14(24)9-20-11-6-4-5-10-15(11)18(27)22(17(10)26)12-7-8-13(23)21-16(12)25;19-10-5-4-9(13(22)17-10)18-14(23)7-2-1-3-8(12(7)15(18)24)16-6-11(20)21;14-7-3-1-2-6-10(7)13(20)16(12(6)19)8-4-5-9(17)15-11(8)18;1-6(2,3)9-5(8)4-7;2-1-3/h4-6,12,20H,7-9H2,1-3H3,(H,21,23,25);1-3,9,16H,4-6H2,(H,20,21)(H,17,19,22);1-3,8H,4-5H2,(H,15,17,18);4,7H2,1-3H3;1H,(H,2,3). The van der Waals surface area contributed by atoms with E-state index in [4.69, 9.17) is 30.2 Å². The number of fused-ring (bicyclic) bond motifs is 3. The van der Waals surface area contributed by atoms with E-state index >= 15 is 0 Å². The van der Waals surface area contributed by atoms with Crippen LogP contribution in [0.25, 0.3) is 0 Å². The number of carbonyl (C=O) groups is 16. The Morgan fingerprint density at radius 1 is 0.560 bits per heavy atom. The van der Waals surface area contributed by atoms with E-state index in [-0.39, 0.29) is 103 Å². The molecule has 3 saturated heterocycles. The van der Waals surface area contributed by atoms with Crippen LogP contribution < -0.4 is 32.3 Å². The summed E-state index contributed by atoms with van der Waals surface area (Å²) in [5.74, 6) is -10.3. The van der Waals surface area contributed by atoms with E-state index in [2.05, 4.69) is 26.6 Å². The molecule has 3 aromatic carbocycles. The second-order valence-electron chi connectivity index (χ2n) is 20.5. The van der Waals surface area contributed by atoms with E-state index < -0.39 is 125 Å². The van der Waals surface area contributed by atoms with Gasteiger partial charge in [0, 0.05) is 30.6 Å². The van der Waals surface area contributed by atoms with Gasteiger partial charge in [0.25, 0.3) is 41.9 Å². The third kappa shape index (κ3) is 15.4. The van der Waals surface area contributed by atoms with E-state index in [1.165, 1.54) is 36.4 Å². The van der Waals surface area contributed by atoms with Crippen LogP contribution in [0.2, 0.25) is 0 Å². The number of hydrogen-bond acceptors (Lipinski definition) is 21. The molecule has 0 aromatic heterocycles. The average Bonchev–Trinajstić information content (AvgIpc) is 2.14. The highest BCUT2D eigenvalue weighted by Crippen LogP contribution is 2.34. The molecule has 6 heterocycles. The first-order chi connectivity index (χ1) is 39.3. The Morgan fingerprint density at radius 3 is 1.19 bits per heavy atom. The van der Waals surface area contributed by atoms with Crippen LogP contribution in [-0.2, 0) is 57.4 Å². The van der Waals surface area contributed by atoms with E-state index in [0.717, 1.165) is 20.8 Å². The van der Waals surface area contributed by atoms with Crippen LogP contribution in [0.5, 0.6) is 0 Å². The zero-order valence-electron chi connectivity index (χ0n) is 45.9. The van der Waals surface area contributed by atoms with Gasteiger partial charge in [0.1, 0.15) is 48.2 Å². The summed E-state index contributed by atoms with van der Waals surface area (Å²) in [6.45, 7) is 9.74. The Hall–Kier alpha value is -10.1. The van der Waals surface area contributed by atoms with Crippen molar-refractivity contribution in [2.75, 3.05) is 30.3 Å². The number of nitrogens with zero attached hydrogens (tertiary/aromatic N) is 3. The van der Waals surface area contributed by atoms with Gasteiger partial charge in [-0.1, -0.05) is 18.2 Å². The summed E-state index contributed by atoms with van der Waals surface area (Å²) in [4.78, 5) is 189. The molecule has 0 saturated carbocycles. The number of carboxylic acids is 1. The van der Waals surface area contributed by atoms with Crippen molar-refractivity contribution >= 4 is 107 Å². The number of esters is 2. The summed E-state index contributed by atoms with van der Waals surface area (Å²) in [7, 11) is 0. The van der Waals surface area contributed by atoms with Crippen LogP contribution in [0.15, 0.2) is 54.6 Å². The van der Waals surface area contributed by atoms with Crippen LogP contribution in [-0.4, -0.2) is 169 Å². The minimum Gasteiger partial charge on any atom is -0.483 e. The lowest BCUT2D eigenvalue weighted by Crippen LogP contribution is -2.54. The minimum absolute atomic E-state index is 0.0340. The molecule has 6 aliphatic heterocycles. The molecular weight excluding hydrogens is 1110 g/mol. The Morgan fingerprint density at radius 2 is 0.881 bits per heavy atom. The maximum absolute atomic E-state index is 13.7. The molecule has 3 atom stereocenters. The fraction of sp³-hybridized carbons (Fsp3) is 0.370. The van der Waals surface area contributed by atoms with Gasteiger partial charge in [0.15, 0.2) is 0 Å². The van der Waals surface area contributed by atoms with Crippen LogP contribution in [0.3, 0.4) is 0 Å². The molecule has 84 heavy (non-hydrogen) atoms. The number of anilines is 2. The highest BCUT2D eigenvalue weighted by molar-refractivity contribution is 6.27. The van der Waals surface area contributed by atoms with Crippen molar-refractivity contribution in [3.05, 3.63) is 93.8 Å². The van der Waals surface area contributed by atoms with Gasteiger partial charge < -0.3 is 36.1 Å². The molecule has 9 N–H and O–H groups in total. The number of halogens is 1. The van der Waals surface area contributed by atoms with E-state index in [9.17, 15) is 76.3 Å². The highest BCUT2D eigenvalue weighted by atomic mass is 19.1. The number of nitrogens with one attached hydrogen (secondary N) is 5. The van der Waals surface area contributed by atoms with Gasteiger partial charge in [-0.25, -0.2) is 4.39 Å². The zero-order chi connectivity index (χ0) is 62.7. The van der Waals surface area contributed by atoms with Gasteiger partial charge in [0.2, 0.25) is 35.4 Å². The van der Waals surface area contributed by atoms with Crippen molar-refractivity contribution in [2.45, 2.75) is 109 Å². The van der Waals surface area contributed by atoms with Crippen molar-refractivity contribution in [1.29, 1.82) is 0 Å². The van der Waals surface area contributed by atoms with Crippen molar-refractivity contribution in [3.8, 4) is 0 Å². The Kier molecular flexibility index (Phi) is 20.9. The lowest BCUT2D eigenvalue weighted by Gasteiger charge is -2.27. The Labute approximate surface area is 476 Å². The predicted octanol–water partition coefficient (Wildman–Crippen LogP) is 0.640. The maximum Gasteiger partial charge on any atom is 0.325 e. The molecule has 0 aliphatic carbocycles. The summed E-state index contributed by atoms with van der Waals surface area (Å²) in [6, 6.07) is 9.66. The molecule has 0 bridgehead atoms. The summed E-state index contributed by atoms with van der Waals surface area (Å²) in [6.07, 6.45) is 0.316. The fourth-order valence-electron chi connectivity index (χ4n) is 8.90. The minimum atomic E-state index is -1.12.